The van der Waals surface area contributed by atoms with Crippen LogP contribution in [0.1, 0.15) is 25.8 Å². The van der Waals surface area contributed by atoms with E-state index >= 15 is 0 Å². The zero-order chi connectivity index (χ0) is 14.0. The van der Waals surface area contributed by atoms with Crippen LogP contribution >= 0.6 is 0 Å². The molecule has 1 atom stereocenters. The standard InChI is InChI=1S/C14H17FN2O2/c1-3-14(2)13(19)17(9-12(18)16-14)8-10-5-4-6-11(15)7-10/h4-7H,3,8-9H2,1-2H3,(H,16,18). The van der Waals surface area contributed by atoms with Crippen molar-refractivity contribution in [1.82, 2.24) is 10.2 Å². The van der Waals surface area contributed by atoms with Crippen LogP contribution in [0.4, 0.5) is 4.39 Å². The molecule has 2 rings (SSSR count). The molecule has 0 aromatic heterocycles. The highest BCUT2D eigenvalue weighted by Crippen LogP contribution is 2.19. The minimum Gasteiger partial charge on any atom is -0.340 e. The van der Waals surface area contributed by atoms with Gasteiger partial charge in [-0.15, -0.1) is 0 Å². The van der Waals surface area contributed by atoms with E-state index in [4.69, 9.17) is 0 Å². The quantitative estimate of drug-likeness (QED) is 0.898. The van der Waals surface area contributed by atoms with E-state index in [0.29, 0.717) is 12.0 Å². The number of hydrogen-bond donors (Lipinski definition) is 1. The Morgan fingerprint density at radius 1 is 1.42 bits per heavy atom. The molecular weight excluding hydrogens is 247 g/mol. The summed E-state index contributed by atoms with van der Waals surface area (Å²) in [6, 6.07) is 6.07. The topological polar surface area (TPSA) is 49.4 Å². The molecule has 1 aliphatic heterocycles. The van der Waals surface area contributed by atoms with E-state index < -0.39 is 5.54 Å². The summed E-state index contributed by atoms with van der Waals surface area (Å²) < 4.78 is 13.1. The molecular formula is C14H17FN2O2. The molecule has 2 amide bonds. The van der Waals surface area contributed by atoms with Gasteiger partial charge in [-0.05, 0) is 31.0 Å². The summed E-state index contributed by atoms with van der Waals surface area (Å²) in [5, 5.41) is 2.72. The highest BCUT2D eigenvalue weighted by atomic mass is 19.1. The lowest BCUT2D eigenvalue weighted by Gasteiger charge is -2.39. The summed E-state index contributed by atoms with van der Waals surface area (Å²) >= 11 is 0. The molecule has 0 saturated carbocycles. The molecule has 5 heteroatoms. The van der Waals surface area contributed by atoms with Gasteiger partial charge in [-0.25, -0.2) is 4.39 Å². The molecule has 0 aliphatic carbocycles. The first-order chi connectivity index (χ1) is 8.94. The molecule has 102 valence electrons. The molecule has 1 unspecified atom stereocenters. The lowest BCUT2D eigenvalue weighted by Crippen LogP contribution is -2.64. The molecule has 0 bridgehead atoms. The van der Waals surface area contributed by atoms with Crippen molar-refractivity contribution < 1.29 is 14.0 Å². The van der Waals surface area contributed by atoms with Crippen molar-refractivity contribution >= 4 is 11.8 Å². The fraction of sp³-hybridized carbons (Fsp3) is 0.429. The number of rotatable bonds is 3. The third-order valence-electron chi connectivity index (χ3n) is 3.48. The third-order valence-corrected chi connectivity index (χ3v) is 3.48. The van der Waals surface area contributed by atoms with Crippen LogP contribution in [0, 0.1) is 5.82 Å². The van der Waals surface area contributed by atoms with Gasteiger partial charge in [0.2, 0.25) is 11.8 Å². The van der Waals surface area contributed by atoms with Crippen LogP contribution in [-0.4, -0.2) is 28.8 Å². The van der Waals surface area contributed by atoms with E-state index in [1.165, 1.54) is 17.0 Å². The maximum atomic E-state index is 13.1. The monoisotopic (exact) mass is 264 g/mol. The second kappa shape index (κ2) is 4.99. The van der Waals surface area contributed by atoms with E-state index in [9.17, 15) is 14.0 Å². The van der Waals surface area contributed by atoms with Gasteiger partial charge in [0.05, 0.1) is 6.54 Å². The zero-order valence-corrected chi connectivity index (χ0v) is 11.1. The maximum Gasteiger partial charge on any atom is 0.248 e. The Morgan fingerprint density at radius 2 is 2.16 bits per heavy atom. The first-order valence-electron chi connectivity index (χ1n) is 6.29. The van der Waals surface area contributed by atoms with Crippen LogP contribution in [0.3, 0.4) is 0 Å². The van der Waals surface area contributed by atoms with Crippen molar-refractivity contribution in [1.29, 1.82) is 0 Å². The number of carbonyl (C=O) groups excluding carboxylic acids is 2. The Bertz CT molecular complexity index is 518. The normalized spacial score (nSPS) is 23.4. The average molecular weight is 264 g/mol. The van der Waals surface area contributed by atoms with Gasteiger partial charge in [0.1, 0.15) is 11.4 Å². The van der Waals surface area contributed by atoms with Gasteiger partial charge in [-0.1, -0.05) is 19.1 Å². The Hall–Kier alpha value is -1.91. The van der Waals surface area contributed by atoms with E-state index in [0.717, 1.165) is 0 Å². The van der Waals surface area contributed by atoms with Gasteiger partial charge in [-0.2, -0.15) is 0 Å². The number of hydrogen-bond acceptors (Lipinski definition) is 2. The Morgan fingerprint density at radius 3 is 2.79 bits per heavy atom. The molecule has 1 fully saturated rings. The SMILES string of the molecule is CCC1(C)NC(=O)CN(Cc2cccc(F)c2)C1=O. The first-order valence-corrected chi connectivity index (χ1v) is 6.29. The van der Waals surface area contributed by atoms with Crippen molar-refractivity contribution in [3.63, 3.8) is 0 Å². The van der Waals surface area contributed by atoms with Crippen molar-refractivity contribution in [2.75, 3.05) is 6.54 Å². The zero-order valence-electron chi connectivity index (χ0n) is 11.1. The minimum absolute atomic E-state index is 0.0188. The molecule has 1 saturated heterocycles. The van der Waals surface area contributed by atoms with Gasteiger partial charge in [0, 0.05) is 6.54 Å². The Labute approximate surface area is 111 Å². The fourth-order valence-electron chi connectivity index (χ4n) is 2.22. The predicted octanol–water partition coefficient (Wildman–Crippen LogP) is 1.45. The van der Waals surface area contributed by atoms with Crippen LogP contribution < -0.4 is 5.32 Å². The summed E-state index contributed by atoms with van der Waals surface area (Å²) in [7, 11) is 0. The summed E-state index contributed by atoms with van der Waals surface area (Å²) in [4.78, 5) is 25.5. The second-order valence-electron chi connectivity index (χ2n) is 5.02. The Kier molecular flexibility index (Phi) is 3.55. The number of nitrogens with zero attached hydrogens (tertiary/aromatic N) is 1. The van der Waals surface area contributed by atoms with Crippen molar-refractivity contribution in [3.8, 4) is 0 Å². The minimum atomic E-state index is -0.858. The van der Waals surface area contributed by atoms with E-state index in [-0.39, 0.29) is 30.7 Å². The highest BCUT2D eigenvalue weighted by molar-refractivity contribution is 5.97. The van der Waals surface area contributed by atoms with E-state index in [1.807, 2.05) is 6.92 Å². The molecule has 19 heavy (non-hydrogen) atoms. The van der Waals surface area contributed by atoms with E-state index in [2.05, 4.69) is 5.32 Å². The van der Waals surface area contributed by atoms with Crippen LogP contribution in [0.5, 0.6) is 0 Å². The van der Waals surface area contributed by atoms with Crippen molar-refractivity contribution in [2.45, 2.75) is 32.4 Å². The lowest BCUT2D eigenvalue weighted by molar-refractivity contribution is -0.149. The number of nitrogens with one attached hydrogen (secondary N) is 1. The molecule has 1 N–H and O–H groups in total. The van der Waals surface area contributed by atoms with E-state index in [1.54, 1.807) is 19.1 Å². The summed E-state index contributed by atoms with van der Waals surface area (Å²) in [5.41, 5.74) is -0.177. The highest BCUT2D eigenvalue weighted by Gasteiger charge is 2.41. The van der Waals surface area contributed by atoms with Crippen LogP contribution in [-0.2, 0) is 16.1 Å². The molecule has 0 spiro atoms. The molecule has 1 aromatic rings. The first kappa shape index (κ1) is 13.5. The van der Waals surface area contributed by atoms with Gasteiger partial charge in [0.25, 0.3) is 0 Å². The van der Waals surface area contributed by atoms with Gasteiger partial charge < -0.3 is 10.2 Å². The van der Waals surface area contributed by atoms with Gasteiger partial charge >= 0.3 is 0 Å². The number of amides is 2. The lowest BCUT2D eigenvalue weighted by atomic mass is 9.94. The summed E-state index contributed by atoms with van der Waals surface area (Å²) in [6.07, 6.45) is 0.525. The molecule has 1 heterocycles. The largest absolute Gasteiger partial charge is 0.340 e. The number of halogens is 1. The number of benzene rings is 1. The molecule has 4 nitrogen and oxygen atoms in total. The number of piperazine rings is 1. The smallest absolute Gasteiger partial charge is 0.248 e. The van der Waals surface area contributed by atoms with Crippen LogP contribution in [0.25, 0.3) is 0 Å². The molecule has 1 aliphatic rings. The van der Waals surface area contributed by atoms with Crippen LogP contribution in [0.15, 0.2) is 24.3 Å². The van der Waals surface area contributed by atoms with Crippen molar-refractivity contribution in [3.05, 3.63) is 35.6 Å². The molecule has 1 aromatic carbocycles. The van der Waals surface area contributed by atoms with Crippen molar-refractivity contribution in [2.24, 2.45) is 0 Å². The van der Waals surface area contributed by atoms with Gasteiger partial charge in [-0.3, -0.25) is 9.59 Å². The Balaban J connectivity index is 2.19. The fourth-order valence-corrected chi connectivity index (χ4v) is 2.22. The second-order valence-corrected chi connectivity index (χ2v) is 5.02. The third kappa shape index (κ3) is 2.75. The van der Waals surface area contributed by atoms with Gasteiger partial charge in [0.15, 0.2) is 0 Å². The average Bonchev–Trinajstić information content (AvgIpc) is 2.35. The van der Waals surface area contributed by atoms with Crippen LogP contribution in [0.2, 0.25) is 0 Å². The summed E-state index contributed by atoms with van der Waals surface area (Å²) in [5.74, 6) is -0.649. The summed E-state index contributed by atoms with van der Waals surface area (Å²) in [6.45, 7) is 3.83. The molecule has 0 radical (unpaired) electrons. The number of carbonyl (C=O) groups is 2. The maximum absolute atomic E-state index is 13.1. The predicted molar refractivity (Wildman–Crippen MR) is 68.7 cm³/mol.